The fourth-order valence-corrected chi connectivity index (χ4v) is 11.8. The molecule has 3 aliphatic heterocycles. The monoisotopic (exact) mass is 887 g/mol. The Morgan fingerprint density at radius 3 is 2.11 bits per heavy atom. The van der Waals surface area contributed by atoms with Crippen LogP contribution in [-0.2, 0) is 38.0 Å². The van der Waals surface area contributed by atoms with Crippen molar-refractivity contribution in [1.82, 2.24) is 0 Å². The van der Waals surface area contributed by atoms with Gasteiger partial charge in [-0.3, -0.25) is 9.59 Å². The summed E-state index contributed by atoms with van der Waals surface area (Å²) in [5.74, 6) is -6.43. The topological polar surface area (TPSA) is 150 Å². The zero-order valence-corrected chi connectivity index (χ0v) is 39.0. The molecule has 3 aliphatic carbocycles. The number of esters is 2. The summed E-state index contributed by atoms with van der Waals surface area (Å²) in [5, 5.41) is 25.4. The molecule has 7 rings (SSSR count). The highest BCUT2D eigenvalue weighted by Gasteiger charge is 2.90. The molecular weight excluding hydrogens is 813 g/mol. The number of hydrogen-bond donors (Lipinski definition) is 2. The summed E-state index contributed by atoms with van der Waals surface area (Å²) >= 11 is 0. The van der Waals surface area contributed by atoms with E-state index in [9.17, 15) is 24.6 Å². The number of fused-ring (bicyclic) bond motifs is 3. The van der Waals surface area contributed by atoms with Crippen molar-refractivity contribution >= 4 is 17.7 Å². The van der Waals surface area contributed by atoms with Gasteiger partial charge < -0.3 is 38.6 Å². The third-order valence-corrected chi connectivity index (χ3v) is 15.2. The second-order valence-electron chi connectivity index (χ2n) is 19.6. The van der Waals surface area contributed by atoms with Crippen molar-refractivity contribution in [3.8, 4) is 0 Å². The van der Waals surface area contributed by atoms with Gasteiger partial charge in [0.25, 0.3) is 0 Å². The van der Waals surface area contributed by atoms with Gasteiger partial charge in [0.15, 0.2) is 22.6 Å². The van der Waals surface area contributed by atoms with E-state index in [-0.39, 0.29) is 12.0 Å². The molecule has 12 atom stereocenters. The molecule has 1 aromatic carbocycles. The highest BCUT2D eigenvalue weighted by molar-refractivity contribution is 6.05. The number of ether oxygens (including phenoxy) is 6. The van der Waals surface area contributed by atoms with E-state index in [1.807, 2.05) is 19.1 Å². The summed E-state index contributed by atoms with van der Waals surface area (Å²) in [6.07, 6.45) is 24.0. The lowest BCUT2D eigenvalue weighted by Crippen LogP contribution is -2.76. The molecule has 5 fully saturated rings. The van der Waals surface area contributed by atoms with Crippen LogP contribution in [0.25, 0.3) is 0 Å². The molecule has 3 heterocycles. The number of ketones is 1. The van der Waals surface area contributed by atoms with Gasteiger partial charge in [0.1, 0.15) is 31.0 Å². The Kier molecular flexibility index (Phi) is 15.3. The van der Waals surface area contributed by atoms with Crippen LogP contribution in [0.5, 0.6) is 0 Å². The Balaban J connectivity index is 1.13. The van der Waals surface area contributed by atoms with Crippen LogP contribution in [0.3, 0.4) is 0 Å². The van der Waals surface area contributed by atoms with E-state index in [4.69, 9.17) is 28.4 Å². The van der Waals surface area contributed by atoms with Crippen LogP contribution in [0.1, 0.15) is 161 Å². The van der Waals surface area contributed by atoms with Crippen LogP contribution in [0.2, 0.25) is 0 Å². The molecule has 3 bridgehead atoms. The number of benzene rings is 1. The zero-order valence-electron chi connectivity index (χ0n) is 39.0. The number of allylic oxidation sites excluding steroid dienone is 3. The fraction of sp³-hybridized carbons (Fsp3) is 0.679. The SMILES string of the molecule is C=C(C)[C@@]12O[C@]3(C=CC=CCCCCC)O[C@@H]1[C@@H]1[C@H]4O[C@@]4(COC(=O)CCCCCCCCCCCCCCC)[C@H](O)[C@@]4(O)C(=O)C(C)=C[C@@H]4[C@@]1(O3)[C@H](C)[C@@H]2OC(=O)c1ccccc1. The van der Waals surface area contributed by atoms with Crippen molar-refractivity contribution in [1.29, 1.82) is 0 Å². The molecule has 6 aliphatic rings. The summed E-state index contributed by atoms with van der Waals surface area (Å²) in [4.78, 5) is 41.8. The smallest absolute Gasteiger partial charge is 0.338 e. The maximum atomic E-state index is 14.4. The van der Waals surface area contributed by atoms with Crippen molar-refractivity contribution in [3.05, 3.63) is 84.0 Å². The van der Waals surface area contributed by atoms with E-state index in [0.29, 0.717) is 17.6 Å². The van der Waals surface area contributed by atoms with E-state index in [0.717, 1.165) is 44.9 Å². The van der Waals surface area contributed by atoms with Crippen LogP contribution in [0.15, 0.2) is 78.4 Å². The first-order valence-corrected chi connectivity index (χ1v) is 24.6. The molecule has 3 saturated heterocycles. The van der Waals surface area contributed by atoms with Gasteiger partial charge in [0, 0.05) is 30.3 Å². The average Bonchev–Trinajstić information content (AvgIpc) is 3.90. The van der Waals surface area contributed by atoms with Crippen LogP contribution in [-0.4, -0.2) is 87.3 Å². The number of carbonyl (C=O) groups is 3. The van der Waals surface area contributed by atoms with E-state index in [1.165, 1.54) is 57.8 Å². The highest BCUT2D eigenvalue weighted by atomic mass is 16.9. The summed E-state index contributed by atoms with van der Waals surface area (Å²) in [6.45, 7) is 13.7. The number of Topliss-reactive ketones (excluding diaryl/α,β-unsaturated/α-hetero) is 1. The van der Waals surface area contributed by atoms with Gasteiger partial charge in [0.2, 0.25) is 0 Å². The van der Waals surface area contributed by atoms with Gasteiger partial charge in [-0.05, 0) is 56.4 Å². The second kappa shape index (κ2) is 20.2. The normalized spacial score (nSPS) is 36.7. The first kappa shape index (κ1) is 48.5. The summed E-state index contributed by atoms with van der Waals surface area (Å²) in [6, 6.07) is 8.63. The van der Waals surface area contributed by atoms with Crippen molar-refractivity contribution in [2.75, 3.05) is 6.61 Å². The Morgan fingerprint density at radius 1 is 0.844 bits per heavy atom. The minimum absolute atomic E-state index is 0.198. The first-order valence-electron chi connectivity index (χ1n) is 24.6. The number of epoxide rings is 1. The lowest BCUT2D eigenvalue weighted by Gasteiger charge is -2.61. The molecule has 0 spiro atoms. The summed E-state index contributed by atoms with van der Waals surface area (Å²) < 4.78 is 40.2. The minimum atomic E-state index is -2.47. The van der Waals surface area contributed by atoms with Gasteiger partial charge >= 0.3 is 17.9 Å². The largest absolute Gasteiger partial charge is 0.462 e. The molecule has 0 unspecified atom stereocenters. The van der Waals surface area contributed by atoms with Crippen LogP contribution < -0.4 is 0 Å². The first-order chi connectivity index (χ1) is 30.8. The summed E-state index contributed by atoms with van der Waals surface area (Å²) in [5.41, 5.74) is -6.20. The second-order valence-corrected chi connectivity index (χ2v) is 19.6. The Morgan fingerprint density at radius 2 is 1.47 bits per heavy atom. The Labute approximate surface area is 381 Å². The highest BCUT2D eigenvalue weighted by Crippen LogP contribution is 2.73. The lowest BCUT2D eigenvalue weighted by atomic mass is 9.53. The number of aliphatic hydroxyl groups excluding tert-OH is 1. The number of unbranched alkanes of at least 4 members (excludes halogenated alkanes) is 15. The molecule has 1 aromatic rings. The van der Waals surface area contributed by atoms with Crippen LogP contribution in [0.4, 0.5) is 0 Å². The molecule has 352 valence electrons. The standard InChI is InChI=1S/C53H74O11/c1-7-9-11-13-15-16-17-18-19-20-21-23-28-32-41(54)59-35-49-45(61-49)42-46-52(36(3)4)44(60-47(56)39-30-26-25-27-31-39)38(6)53(42,40-34-37(5)43(55)51(40,58)48(49)57)64-50(62-46,63-52)33-29-24-22-14-12-10-8-2/h22,24-27,29-31,33-34,38,40,42,44-46,48,57-58H,3,7-21,23,28,32,35H2,1-2,4-6H3/t38-,40+,42+,44+,45-,46-,48+,49-,50+,51+,52+,53+/m1/s1. The predicted molar refractivity (Wildman–Crippen MR) is 243 cm³/mol. The average molecular weight is 887 g/mol. The molecule has 0 radical (unpaired) electrons. The lowest BCUT2D eigenvalue weighted by molar-refractivity contribution is -0.407. The third-order valence-electron chi connectivity index (χ3n) is 15.2. The molecule has 11 nitrogen and oxygen atoms in total. The van der Waals surface area contributed by atoms with Crippen molar-refractivity contribution in [2.45, 2.75) is 203 Å². The van der Waals surface area contributed by atoms with Gasteiger partial charge in [0.05, 0.1) is 11.2 Å². The third kappa shape index (κ3) is 8.67. The van der Waals surface area contributed by atoms with Gasteiger partial charge in [-0.15, -0.1) is 0 Å². The van der Waals surface area contributed by atoms with Crippen LogP contribution in [0, 0.1) is 17.8 Å². The van der Waals surface area contributed by atoms with Crippen molar-refractivity contribution in [3.63, 3.8) is 0 Å². The van der Waals surface area contributed by atoms with Gasteiger partial charge in [-0.2, -0.15) is 0 Å². The maximum absolute atomic E-state index is 14.4. The molecule has 11 heteroatoms. The zero-order chi connectivity index (χ0) is 45.8. The molecule has 2 N–H and O–H groups in total. The van der Waals surface area contributed by atoms with E-state index < -0.39 is 94.9 Å². The quantitative estimate of drug-likeness (QED) is 0.0318. The molecule has 0 aromatic heterocycles. The molecule has 2 saturated carbocycles. The number of hydrogen-bond acceptors (Lipinski definition) is 11. The molecular formula is C53H74O11. The fourth-order valence-electron chi connectivity index (χ4n) is 11.8. The number of rotatable bonds is 25. The predicted octanol–water partition coefficient (Wildman–Crippen LogP) is 9.74. The van der Waals surface area contributed by atoms with E-state index >= 15 is 0 Å². The van der Waals surface area contributed by atoms with E-state index in [2.05, 4.69) is 26.5 Å². The Bertz CT molecular complexity index is 1920. The van der Waals surface area contributed by atoms with Crippen molar-refractivity contribution in [2.24, 2.45) is 17.8 Å². The van der Waals surface area contributed by atoms with E-state index in [1.54, 1.807) is 56.3 Å². The van der Waals surface area contributed by atoms with Gasteiger partial charge in [-0.1, -0.05) is 160 Å². The number of aliphatic hydroxyl groups is 2. The minimum Gasteiger partial charge on any atom is -0.462 e. The van der Waals surface area contributed by atoms with Crippen LogP contribution >= 0.6 is 0 Å². The molecule has 0 amide bonds. The molecule has 64 heavy (non-hydrogen) atoms. The Hall–Kier alpha value is -3.45. The van der Waals surface area contributed by atoms with Gasteiger partial charge in [-0.25, -0.2) is 4.79 Å². The van der Waals surface area contributed by atoms with Crippen molar-refractivity contribution < 1.29 is 53.0 Å². The maximum Gasteiger partial charge on any atom is 0.338 e. The number of carbonyl (C=O) groups excluding carboxylic acids is 3. The summed E-state index contributed by atoms with van der Waals surface area (Å²) in [7, 11) is 0.